The number of carbonyl (C=O) groups excluding carboxylic acids is 1. The first-order valence-corrected chi connectivity index (χ1v) is 8.02. The van der Waals surface area contributed by atoms with Crippen LogP contribution >= 0.6 is 23.6 Å². The summed E-state index contributed by atoms with van der Waals surface area (Å²) in [4.78, 5) is 19.3. The molecule has 2 aromatic heterocycles. The Morgan fingerprint density at radius 3 is 2.91 bits per heavy atom. The molecule has 0 aliphatic carbocycles. The van der Waals surface area contributed by atoms with Crippen LogP contribution in [0, 0.1) is 4.64 Å². The smallest absolute Gasteiger partial charge is 0.254 e. The SMILES string of the molecule is O=C(NCCNc1nc2ccccc2s1)c1ccc[nH]c1=S. The van der Waals surface area contributed by atoms with E-state index in [9.17, 15) is 4.79 Å². The van der Waals surface area contributed by atoms with E-state index >= 15 is 0 Å². The summed E-state index contributed by atoms with van der Waals surface area (Å²) < 4.78 is 1.59. The van der Waals surface area contributed by atoms with Crippen molar-refractivity contribution in [2.75, 3.05) is 18.4 Å². The molecule has 3 aromatic rings. The van der Waals surface area contributed by atoms with E-state index in [0.717, 1.165) is 15.3 Å². The molecule has 0 radical (unpaired) electrons. The minimum atomic E-state index is -0.173. The van der Waals surface area contributed by atoms with Gasteiger partial charge in [-0.2, -0.15) is 0 Å². The average Bonchev–Trinajstić information content (AvgIpc) is 2.94. The van der Waals surface area contributed by atoms with Gasteiger partial charge in [0.15, 0.2) is 5.13 Å². The largest absolute Gasteiger partial charge is 0.360 e. The molecule has 0 atom stereocenters. The van der Waals surface area contributed by atoms with Crippen LogP contribution < -0.4 is 10.6 Å². The molecule has 2 heterocycles. The molecular weight excluding hydrogens is 316 g/mol. The monoisotopic (exact) mass is 330 g/mol. The number of carbonyl (C=O) groups is 1. The van der Waals surface area contributed by atoms with Gasteiger partial charge in [-0.3, -0.25) is 4.79 Å². The Kier molecular flexibility index (Phi) is 4.45. The molecule has 5 nitrogen and oxygen atoms in total. The van der Waals surface area contributed by atoms with Crippen LogP contribution in [0.2, 0.25) is 0 Å². The molecule has 0 unspecified atom stereocenters. The number of hydrogen-bond acceptors (Lipinski definition) is 5. The summed E-state index contributed by atoms with van der Waals surface area (Å²) in [5, 5.41) is 6.90. The Balaban J connectivity index is 1.52. The van der Waals surface area contributed by atoms with Gasteiger partial charge < -0.3 is 15.6 Å². The first-order valence-electron chi connectivity index (χ1n) is 6.79. The molecule has 22 heavy (non-hydrogen) atoms. The van der Waals surface area contributed by atoms with Crippen molar-refractivity contribution >= 4 is 44.8 Å². The van der Waals surface area contributed by atoms with Crippen LogP contribution in [-0.4, -0.2) is 29.0 Å². The quantitative estimate of drug-likeness (QED) is 0.496. The normalized spacial score (nSPS) is 10.5. The zero-order valence-corrected chi connectivity index (χ0v) is 13.3. The molecule has 1 aromatic carbocycles. The molecule has 1 amide bonds. The van der Waals surface area contributed by atoms with Crippen molar-refractivity contribution in [3.8, 4) is 0 Å². The second-order valence-corrected chi connectivity index (χ2v) is 6.02. The number of benzene rings is 1. The molecule has 112 valence electrons. The van der Waals surface area contributed by atoms with E-state index in [1.54, 1.807) is 29.7 Å². The Morgan fingerprint density at radius 2 is 2.09 bits per heavy atom. The van der Waals surface area contributed by atoms with Gasteiger partial charge >= 0.3 is 0 Å². The number of aromatic nitrogens is 2. The predicted molar refractivity (Wildman–Crippen MR) is 92.1 cm³/mol. The average molecular weight is 330 g/mol. The van der Waals surface area contributed by atoms with Crippen molar-refractivity contribution in [3.05, 3.63) is 52.8 Å². The maximum atomic E-state index is 12.0. The van der Waals surface area contributed by atoms with E-state index in [4.69, 9.17) is 12.2 Å². The number of thiazole rings is 1. The highest BCUT2D eigenvalue weighted by molar-refractivity contribution is 7.71. The first-order chi connectivity index (χ1) is 10.7. The summed E-state index contributed by atoms with van der Waals surface area (Å²) in [7, 11) is 0. The molecule has 0 saturated carbocycles. The minimum absolute atomic E-state index is 0.173. The third kappa shape index (κ3) is 3.32. The summed E-state index contributed by atoms with van der Waals surface area (Å²) in [5.41, 5.74) is 1.46. The van der Waals surface area contributed by atoms with Crippen molar-refractivity contribution < 1.29 is 4.79 Å². The van der Waals surface area contributed by atoms with Gasteiger partial charge in [0.05, 0.1) is 15.8 Å². The van der Waals surface area contributed by atoms with E-state index in [1.807, 2.05) is 24.3 Å². The molecular formula is C15H14N4OS2. The van der Waals surface area contributed by atoms with Crippen LogP contribution in [0.4, 0.5) is 5.13 Å². The number of anilines is 1. The molecule has 7 heteroatoms. The fraction of sp³-hybridized carbons (Fsp3) is 0.133. The number of nitrogens with zero attached hydrogens (tertiary/aromatic N) is 1. The van der Waals surface area contributed by atoms with E-state index in [-0.39, 0.29) is 5.91 Å². The number of rotatable bonds is 5. The van der Waals surface area contributed by atoms with Crippen LogP contribution in [0.15, 0.2) is 42.6 Å². The lowest BCUT2D eigenvalue weighted by Crippen LogP contribution is -2.29. The Labute approximate surface area is 136 Å². The van der Waals surface area contributed by atoms with Gasteiger partial charge in [0, 0.05) is 19.3 Å². The number of pyridine rings is 1. The van der Waals surface area contributed by atoms with Crippen molar-refractivity contribution in [3.63, 3.8) is 0 Å². The van der Waals surface area contributed by atoms with Crippen molar-refractivity contribution in [2.24, 2.45) is 0 Å². The third-order valence-corrected chi connectivity index (χ3v) is 4.38. The van der Waals surface area contributed by atoms with Gasteiger partial charge in [0.1, 0.15) is 4.64 Å². The highest BCUT2D eigenvalue weighted by Gasteiger charge is 2.06. The molecule has 0 saturated heterocycles. The van der Waals surface area contributed by atoms with E-state index < -0.39 is 0 Å². The van der Waals surface area contributed by atoms with Gasteiger partial charge in [-0.1, -0.05) is 35.7 Å². The Morgan fingerprint density at radius 1 is 1.23 bits per heavy atom. The predicted octanol–water partition coefficient (Wildman–Crippen LogP) is 3.20. The fourth-order valence-corrected chi connectivity index (χ4v) is 3.11. The molecule has 0 aliphatic heterocycles. The number of aromatic amines is 1. The lowest BCUT2D eigenvalue weighted by atomic mass is 10.3. The number of nitrogens with one attached hydrogen (secondary N) is 3. The molecule has 0 spiro atoms. The number of fused-ring (bicyclic) bond motifs is 1. The van der Waals surface area contributed by atoms with Crippen LogP contribution in [-0.2, 0) is 0 Å². The lowest BCUT2D eigenvalue weighted by Gasteiger charge is -2.05. The van der Waals surface area contributed by atoms with E-state index in [1.165, 1.54) is 0 Å². The first kappa shape index (κ1) is 14.7. The Hall–Kier alpha value is -2.25. The molecule has 0 bridgehead atoms. The van der Waals surface area contributed by atoms with Crippen molar-refractivity contribution in [2.45, 2.75) is 0 Å². The summed E-state index contributed by atoms with van der Waals surface area (Å²) >= 11 is 6.68. The highest BCUT2D eigenvalue weighted by Crippen LogP contribution is 2.24. The van der Waals surface area contributed by atoms with Crippen molar-refractivity contribution in [1.82, 2.24) is 15.3 Å². The summed E-state index contributed by atoms with van der Waals surface area (Å²) in [6.45, 7) is 1.10. The summed E-state index contributed by atoms with van der Waals surface area (Å²) in [6.07, 6.45) is 1.70. The number of H-pyrrole nitrogens is 1. The summed E-state index contributed by atoms with van der Waals surface area (Å²) in [6, 6.07) is 11.4. The van der Waals surface area contributed by atoms with Gasteiger partial charge in [-0.05, 0) is 24.3 Å². The lowest BCUT2D eigenvalue weighted by molar-refractivity contribution is 0.0954. The second-order valence-electron chi connectivity index (χ2n) is 4.58. The molecule has 3 N–H and O–H groups in total. The number of para-hydroxylation sites is 1. The minimum Gasteiger partial charge on any atom is -0.360 e. The maximum Gasteiger partial charge on any atom is 0.254 e. The van der Waals surface area contributed by atoms with Crippen LogP contribution in [0.3, 0.4) is 0 Å². The molecule has 3 rings (SSSR count). The van der Waals surface area contributed by atoms with Crippen LogP contribution in [0.25, 0.3) is 10.2 Å². The van der Waals surface area contributed by atoms with Gasteiger partial charge in [0.25, 0.3) is 5.91 Å². The van der Waals surface area contributed by atoms with Crippen LogP contribution in [0.1, 0.15) is 10.4 Å². The summed E-state index contributed by atoms with van der Waals surface area (Å²) in [5.74, 6) is -0.173. The number of amides is 1. The zero-order valence-electron chi connectivity index (χ0n) is 11.6. The number of hydrogen-bond donors (Lipinski definition) is 3. The van der Waals surface area contributed by atoms with Gasteiger partial charge in [-0.15, -0.1) is 0 Å². The second kappa shape index (κ2) is 6.67. The van der Waals surface area contributed by atoms with Crippen LogP contribution in [0.5, 0.6) is 0 Å². The van der Waals surface area contributed by atoms with Crippen molar-refractivity contribution in [1.29, 1.82) is 0 Å². The van der Waals surface area contributed by atoms with Gasteiger partial charge in [-0.25, -0.2) is 4.98 Å². The standard InChI is InChI=1S/C15H14N4OS2/c20-13(10-4-3-7-17-14(10)21)16-8-9-18-15-19-11-5-1-2-6-12(11)22-15/h1-7H,8-9H2,(H,16,20)(H,17,21)(H,18,19). The van der Waals surface area contributed by atoms with E-state index in [2.05, 4.69) is 20.6 Å². The fourth-order valence-electron chi connectivity index (χ4n) is 1.99. The third-order valence-electron chi connectivity index (χ3n) is 3.04. The molecule has 0 fully saturated rings. The van der Waals surface area contributed by atoms with Gasteiger partial charge in [0.2, 0.25) is 0 Å². The zero-order chi connectivity index (χ0) is 15.4. The topological polar surface area (TPSA) is 69.8 Å². The maximum absolute atomic E-state index is 12.0. The van der Waals surface area contributed by atoms with E-state index in [0.29, 0.717) is 23.3 Å². The molecule has 0 aliphatic rings. The Bertz CT molecular complexity index is 823. The highest BCUT2D eigenvalue weighted by atomic mass is 32.1.